The van der Waals surface area contributed by atoms with Crippen LogP contribution in [0.4, 0.5) is 4.79 Å². The minimum atomic E-state index is -0.334. The second kappa shape index (κ2) is 8.71. The third kappa shape index (κ3) is 4.99. The number of likely N-dealkylation sites (tertiary alicyclic amines) is 1. The van der Waals surface area contributed by atoms with Gasteiger partial charge in [-0.1, -0.05) is 6.07 Å². The number of carbonyl (C=O) groups is 3. The van der Waals surface area contributed by atoms with Gasteiger partial charge in [0.2, 0.25) is 5.91 Å². The Balaban J connectivity index is 1.23. The van der Waals surface area contributed by atoms with Crippen molar-refractivity contribution >= 4 is 17.9 Å². The second-order valence-electron chi connectivity index (χ2n) is 7.80. The summed E-state index contributed by atoms with van der Waals surface area (Å²) in [6.45, 7) is 3.23. The maximum absolute atomic E-state index is 12.4. The Labute approximate surface area is 170 Å². The fourth-order valence-corrected chi connectivity index (χ4v) is 3.72. The van der Waals surface area contributed by atoms with Crippen LogP contribution in [-0.2, 0) is 9.53 Å². The Morgan fingerprint density at radius 3 is 2.62 bits per heavy atom. The molecule has 1 aliphatic carbocycles. The van der Waals surface area contributed by atoms with Crippen molar-refractivity contribution in [1.82, 2.24) is 15.1 Å². The Hall–Kier alpha value is -2.77. The molecule has 29 heavy (non-hydrogen) atoms. The zero-order valence-corrected chi connectivity index (χ0v) is 16.5. The molecule has 1 saturated carbocycles. The lowest BCUT2D eigenvalue weighted by Gasteiger charge is -2.32. The van der Waals surface area contributed by atoms with Gasteiger partial charge in [0.05, 0.1) is 6.54 Å². The first-order valence-corrected chi connectivity index (χ1v) is 10.4. The smallest absolute Gasteiger partial charge is 0.409 e. The molecule has 0 radical (unpaired) electrons. The van der Waals surface area contributed by atoms with Crippen LogP contribution in [0, 0.1) is 5.92 Å². The highest BCUT2D eigenvalue weighted by Crippen LogP contribution is 2.32. The van der Waals surface area contributed by atoms with Gasteiger partial charge in [-0.2, -0.15) is 0 Å². The minimum absolute atomic E-state index is 0.0535. The Morgan fingerprint density at radius 2 is 1.93 bits per heavy atom. The van der Waals surface area contributed by atoms with Crippen LogP contribution in [0.3, 0.4) is 0 Å². The lowest BCUT2D eigenvalue weighted by Crippen LogP contribution is -2.42. The van der Waals surface area contributed by atoms with Crippen molar-refractivity contribution in [2.75, 3.05) is 39.3 Å². The average molecular weight is 401 g/mol. The van der Waals surface area contributed by atoms with E-state index in [-0.39, 0.29) is 24.0 Å². The van der Waals surface area contributed by atoms with Gasteiger partial charge in [0, 0.05) is 50.5 Å². The molecule has 1 N–H and O–H groups in total. The van der Waals surface area contributed by atoms with Crippen molar-refractivity contribution in [2.24, 2.45) is 5.92 Å². The molecule has 3 fully saturated rings. The largest absolute Gasteiger partial charge is 0.490 e. The minimum Gasteiger partial charge on any atom is -0.490 e. The van der Waals surface area contributed by atoms with E-state index in [9.17, 15) is 14.4 Å². The Bertz CT molecular complexity index is 771. The van der Waals surface area contributed by atoms with E-state index in [2.05, 4.69) is 5.32 Å². The van der Waals surface area contributed by atoms with Crippen molar-refractivity contribution < 1.29 is 23.9 Å². The first-order chi connectivity index (χ1) is 14.1. The van der Waals surface area contributed by atoms with Gasteiger partial charge in [0.15, 0.2) is 0 Å². The lowest BCUT2D eigenvalue weighted by molar-refractivity contribution is -0.134. The number of nitrogens with zero attached hydrogens (tertiary/aromatic N) is 2. The van der Waals surface area contributed by atoms with E-state index in [0.29, 0.717) is 43.5 Å². The van der Waals surface area contributed by atoms with Gasteiger partial charge in [-0.15, -0.1) is 0 Å². The molecule has 0 aromatic heterocycles. The van der Waals surface area contributed by atoms with Crippen molar-refractivity contribution in [3.8, 4) is 5.75 Å². The van der Waals surface area contributed by atoms with Crippen LogP contribution in [0.1, 0.15) is 36.0 Å². The summed E-state index contributed by atoms with van der Waals surface area (Å²) in [5.74, 6) is 1.02. The zero-order valence-electron chi connectivity index (χ0n) is 16.5. The van der Waals surface area contributed by atoms with Gasteiger partial charge in [0.25, 0.3) is 5.91 Å². The second-order valence-corrected chi connectivity index (χ2v) is 7.80. The molecule has 8 nitrogen and oxygen atoms in total. The van der Waals surface area contributed by atoms with E-state index < -0.39 is 0 Å². The van der Waals surface area contributed by atoms with E-state index in [1.54, 1.807) is 23.1 Å². The van der Waals surface area contributed by atoms with Gasteiger partial charge in [0.1, 0.15) is 18.5 Å². The number of benzene rings is 1. The van der Waals surface area contributed by atoms with Gasteiger partial charge in [-0.3, -0.25) is 9.59 Å². The lowest BCUT2D eigenvalue weighted by atomic mass is 10.1. The number of amides is 3. The molecule has 0 spiro atoms. The molecule has 3 aliphatic rings. The number of ether oxygens (including phenoxy) is 2. The molecule has 1 aromatic rings. The predicted octanol–water partition coefficient (Wildman–Crippen LogP) is 1.65. The maximum Gasteiger partial charge on any atom is 0.409 e. The van der Waals surface area contributed by atoms with Gasteiger partial charge in [-0.05, 0) is 31.0 Å². The molecular formula is C21H27N3O5. The summed E-state index contributed by atoms with van der Waals surface area (Å²) in [4.78, 5) is 39.5. The maximum atomic E-state index is 12.4. The molecular weight excluding hydrogens is 374 g/mol. The molecule has 0 unspecified atom stereocenters. The van der Waals surface area contributed by atoms with Crippen LogP contribution in [0.25, 0.3) is 0 Å². The Morgan fingerprint density at radius 1 is 1.14 bits per heavy atom. The van der Waals surface area contributed by atoms with Gasteiger partial charge < -0.3 is 24.6 Å². The molecule has 2 heterocycles. The average Bonchev–Trinajstić information content (AvgIpc) is 3.51. The first-order valence-electron chi connectivity index (χ1n) is 10.4. The monoisotopic (exact) mass is 401 g/mol. The third-order valence-corrected chi connectivity index (χ3v) is 5.59. The molecule has 0 bridgehead atoms. The van der Waals surface area contributed by atoms with Crippen LogP contribution in [0.15, 0.2) is 24.3 Å². The molecule has 3 amide bonds. The van der Waals surface area contributed by atoms with Crippen molar-refractivity contribution in [1.29, 1.82) is 0 Å². The predicted molar refractivity (Wildman–Crippen MR) is 105 cm³/mol. The van der Waals surface area contributed by atoms with E-state index in [1.165, 1.54) is 0 Å². The van der Waals surface area contributed by atoms with E-state index in [0.717, 1.165) is 38.8 Å². The number of hydrogen-bond donors (Lipinski definition) is 1. The van der Waals surface area contributed by atoms with Gasteiger partial charge in [-0.25, -0.2) is 4.79 Å². The number of carbonyl (C=O) groups excluding carboxylic acids is 3. The SMILES string of the molecule is O=C(NCCN1CCOC1=O)c1cccc(OC2CCN(C(=O)C3CC3)CC2)c1. The highest BCUT2D eigenvalue weighted by molar-refractivity contribution is 5.94. The third-order valence-electron chi connectivity index (χ3n) is 5.59. The Kier molecular flexibility index (Phi) is 5.87. The van der Waals surface area contributed by atoms with Crippen molar-refractivity contribution in [2.45, 2.75) is 31.8 Å². The fourth-order valence-electron chi connectivity index (χ4n) is 3.72. The molecule has 0 atom stereocenters. The standard InChI is InChI=1S/C21H27N3O5/c25-19(22-8-11-24-12-13-28-21(24)27)16-2-1-3-18(14-16)29-17-6-9-23(10-7-17)20(26)15-4-5-15/h1-3,14-15,17H,4-13H2,(H,22,25). The van der Waals surface area contributed by atoms with E-state index in [1.807, 2.05) is 11.0 Å². The molecule has 2 saturated heterocycles. The summed E-state index contributed by atoms with van der Waals surface area (Å²) in [5.41, 5.74) is 0.521. The van der Waals surface area contributed by atoms with E-state index in [4.69, 9.17) is 9.47 Å². The van der Waals surface area contributed by atoms with Crippen molar-refractivity contribution in [3.63, 3.8) is 0 Å². The summed E-state index contributed by atoms with van der Waals surface area (Å²) in [5, 5.41) is 2.82. The molecule has 4 rings (SSSR count). The number of cyclic esters (lactones) is 1. The van der Waals surface area contributed by atoms with Crippen LogP contribution in [-0.4, -0.2) is 73.1 Å². The fraction of sp³-hybridized carbons (Fsp3) is 0.571. The highest BCUT2D eigenvalue weighted by Gasteiger charge is 2.35. The first kappa shape index (κ1) is 19.5. The molecule has 1 aromatic carbocycles. The molecule has 2 aliphatic heterocycles. The summed E-state index contributed by atoms with van der Waals surface area (Å²) in [6, 6.07) is 7.12. The molecule has 8 heteroatoms. The summed E-state index contributed by atoms with van der Waals surface area (Å²) in [7, 11) is 0. The normalized spacial score (nSPS) is 19.8. The summed E-state index contributed by atoms with van der Waals surface area (Å²) in [6.07, 6.45) is 3.40. The highest BCUT2D eigenvalue weighted by atomic mass is 16.6. The summed E-state index contributed by atoms with van der Waals surface area (Å²) < 4.78 is 10.9. The van der Waals surface area contributed by atoms with Crippen LogP contribution < -0.4 is 10.1 Å². The number of hydrogen-bond acceptors (Lipinski definition) is 5. The number of nitrogens with one attached hydrogen (secondary N) is 1. The topological polar surface area (TPSA) is 88.2 Å². The summed E-state index contributed by atoms with van der Waals surface area (Å²) >= 11 is 0. The van der Waals surface area contributed by atoms with Crippen LogP contribution in [0.5, 0.6) is 5.75 Å². The number of piperidine rings is 1. The van der Waals surface area contributed by atoms with E-state index >= 15 is 0 Å². The van der Waals surface area contributed by atoms with Crippen molar-refractivity contribution in [3.05, 3.63) is 29.8 Å². The van der Waals surface area contributed by atoms with Crippen LogP contribution in [0.2, 0.25) is 0 Å². The molecule has 156 valence electrons. The number of rotatable bonds is 7. The van der Waals surface area contributed by atoms with Crippen LogP contribution >= 0.6 is 0 Å². The quantitative estimate of drug-likeness (QED) is 0.751. The van der Waals surface area contributed by atoms with Gasteiger partial charge >= 0.3 is 6.09 Å². The zero-order chi connectivity index (χ0) is 20.2.